The maximum Gasteiger partial charge on any atom is 0.407 e. The predicted octanol–water partition coefficient (Wildman–Crippen LogP) is 2.34. The fraction of sp³-hybridized carbons (Fsp3) is 0.176. The number of aromatic nitrogens is 4. The Labute approximate surface area is 139 Å². The molecular weight excluding hydrogens is 306 g/mol. The van der Waals surface area contributed by atoms with Crippen molar-refractivity contribution in [3.05, 3.63) is 65.7 Å². The summed E-state index contributed by atoms with van der Waals surface area (Å²) in [6, 6.07) is 17.4. The van der Waals surface area contributed by atoms with Crippen LogP contribution in [0.3, 0.4) is 0 Å². The normalized spacial score (nSPS) is 10.3. The maximum atomic E-state index is 11.7. The minimum atomic E-state index is -0.415. The van der Waals surface area contributed by atoms with Gasteiger partial charge in [-0.15, -0.1) is 10.2 Å². The fourth-order valence-electron chi connectivity index (χ4n) is 2.19. The van der Waals surface area contributed by atoms with Crippen molar-refractivity contribution in [3.8, 4) is 11.4 Å². The lowest BCUT2D eigenvalue weighted by Crippen LogP contribution is -2.26. The molecule has 0 aliphatic rings. The van der Waals surface area contributed by atoms with Crippen LogP contribution in [0.15, 0.2) is 54.6 Å². The van der Waals surface area contributed by atoms with Gasteiger partial charge in [0.25, 0.3) is 0 Å². The predicted molar refractivity (Wildman–Crippen MR) is 87.9 cm³/mol. The van der Waals surface area contributed by atoms with Crippen LogP contribution in [-0.2, 0) is 17.8 Å². The first-order valence-electron chi connectivity index (χ1n) is 7.58. The zero-order valence-electron chi connectivity index (χ0n) is 13.0. The number of nitrogens with one attached hydrogen (secondary N) is 2. The summed E-state index contributed by atoms with van der Waals surface area (Å²) >= 11 is 0. The van der Waals surface area contributed by atoms with E-state index in [0.717, 1.165) is 16.7 Å². The Morgan fingerprint density at radius 3 is 2.54 bits per heavy atom. The molecule has 7 heteroatoms. The lowest BCUT2D eigenvalue weighted by atomic mass is 10.1. The summed E-state index contributed by atoms with van der Waals surface area (Å²) in [7, 11) is 0. The van der Waals surface area contributed by atoms with Crippen LogP contribution in [0.25, 0.3) is 11.4 Å². The molecule has 0 bridgehead atoms. The Hall–Kier alpha value is -3.22. The SMILES string of the molecule is O=C(NCCc1ccc(-c2nn[nH]n2)cc1)OCc1ccccc1. The van der Waals surface area contributed by atoms with E-state index in [2.05, 4.69) is 25.9 Å². The van der Waals surface area contributed by atoms with Crippen LogP contribution < -0.4 is 5.32 Å². The molecule has 24 heavy (non-hydrogen) atoms. The van der Waals surface area contributed by atoms with E-state index in [4.69, 9.17) is 4.74 Å². The van der Waals surface area contributed by atoms with Gasteiger partial charge in [-0.3, -0.25) is 0 Å². The van der Waals surface area contributed by atoms with Gasteiger partial charge in [-0.25, -0.2) is 4.79 Å². The van der Waals surface area contributed by atoms with Gasteiger partial charge in [-0.1, -0.05) is 54.6 Å². The Morgan fingerprint density at radius 1 is 1.04 bits per heavy atom. The smallest absolute Gasteiger partial charge is 0.407 e. The molecule has 1 amide bonds. The number of aromatic amines is 1. The molecule has 0 spiro atoms. The van der Waals surface area contributed by atoms with Crippen LogP contribution in [-0.4, -0.2) is 33.3 Å². The van der Waals surface area contributed by atoms with Gasteiger partial charge in [0.1, 0.15) is 6.61 Å². The molecule has 7 nitrogen and oxygen atoms in total. The highest BCUT2D eigenvalue weighted by molar-refractivity contribution is 5.67. The van der Waals surface area contributed by atoms with Crippen LogP contribution >= 0.6 is 0 Å². The summed E-state index contributed by atoms with van der Waals surface area (Å²) < 4.78 is 5.16. The number of carbonyl (C=O) groups excluding carboxylic acids is 1. The van der Waals surface area contributed by atoms with Crippen molar-refractivity contribution in [1.29, 1.82) is 0 Å². The quantitative estimate of drug-likeness (QED) is 0.726. The molecule has 122 valence electrons. The second kappa shape index (κ2) is 7.87. The highest BCUT2D eigenvalue weighted by Crippen LogP contribution is 2.14. The summed E-state index contributed by atoms with van der Waals surface area (Å²) in [6.07, 6.45) is 0.301. The highest BCUT2D eigenvalue weighted by Gasteiger charge is 2.04. The molecule has 1 aromatic heterocycles. The molecular formula is C17H17N5O2. The number of ether oxygens (including phenoxy) is 1. The lowest BCUT2D eigenvalue weighted by Gasteiger charge is -2.07. The average Bonchev–Trinajstić information content (AvgIpc) is 3.16. The number of carbonyl (C=O) groups is 1. The molecule has 0 aliphatic heterocycles. The number of hydrogen-bond donors (Lipinski definition) is 2. The van der Waals surface area contributed by atoms with Crippen molar-refractivity contribution in [2.24, 2.45) is 0 Å². The maximum absolute atomic E-state index is 11.7. The minimum absolute atomic E-state index is 0.270. The van der Waals surface area contributed by atoms with Gasteiger partial charge < -0.3 is 10.1 Å². The monoisotopic (exact) mass is 323 g/mol. The molecule has 2 N–H and O–H groups in total. The topological polar surface area (TPSA) is 92.8 Å². The number of nitrogens with zero attached hydrogens (tertiary/aromatic N) is 3. The largest absolute Gasteiger partial charge is 0.445 e. The van der Waals surface area contributed by atoms with Gasteiger partial charge in [0.2, 0.25) is 5.82 Å². The Balaban J connectivity index is 1.40. The van der Waals surface area contributed by atoms with Gasteiger partial charge in [0, 0.05) is 12.1 Å². The fourth-order valence-corrected chi connectivity index (χ4v) is 2.19. The van der Waals surface area contributed by atoms with E-state index < -0.39 is 6.09 Å². The van der Waals surface area contributed by atoms with Crippen molar-refractivity contribution in [3.63, 3.8) is 0 Å². The van der Waals surface area contributed by atoms with E-state index >= 15 is 0 Å². The average molecular weight is 323 g/mol. The van der Waals surface area contributed by atoms with Crippen LogP contribution in [0, 0.1) is 0 Å². The number of benzene rings is 2. The standard InChI is InChI=1S/C17H17N5O2/c23-17(24-12-14-4-2-1-3-5-14)18-11-10-13-6-8-15(9-7-13)16-19-21-22-20-16/h1-9H,10-12H2,(H,18,23)(H,19,20,21,22). The number of hydrogen-bond acceptors (Lipinski definition) is 5. The molecule has 0 aliphatic carbocycles. The first-order valence-corrected chi connectivity index (χ1v) is 7.58. The second-order valence-electron chi connectivity index (χ2n) is 5.17. The number of tetrazole rings is 1. The van der Waals surface area contributed by atoms with Crippen LogP contribution in [0.2, 0.25) is 0 Å². The molecule has 0 unspecified atom stereocenters. The summed E-state index contributed by atoms with van der Waals surface area (Å²) in [4.78, 5) is 11.7. The Kier molecular flexibility index (Phi) is 5.14. The van der Waals surface area contributed by atoms with E-state index in [0.29, 0.717) is 18.8 Å². The molecule has 0 saturated carbocycles. The van der Waals surface area contributed by atoms with Crippen LogP contribution in [0.1, 0.15) is 11.1 Å². The number of H-pyrrole nitrogens is 1. The van der Waals surface area contributed by atoms with E-state index in [9.17, 15) is 4.79 Å². The molecule has 2 aromatic carbocycles. The molecule has 0 saturated heterocycles. The zero-order valence-corrected chi connectivity index (χ0v) is 13.0. The third-order valence-corrected chi connectivity index (χ3v) is 3.45. The van der Waals surface area contributed by atoms with Crippen LogP contribution in [0.4, 0.5) is 4.79 Å². The highest BCUT2D eigenvalue weighted by atomic mass is 16.5. The van der Waals surface area contributed by atoms with E-state index in [1.165, 1.54) is 0 Å². The van der Waals surface area contributed by atoms with Crippen molar-refractivity contribution in [2.75, 3.05) is 6.54 Å². The van der Waals surface area contributed by atoms with E-state index in [-0.39, 0.29) is 6.61 Å². The number of alkyl carbamates (subject to hydrolysis) is 1. The molecule has 0 radical (unpaired) electrons. The second-order valence-corrected chi connectivity index (χ2v) is 5.17. The molecule has 3 aromatic rings. The van der Waals surface area contributed by atoms with E-state index in [1.807, 2.05) is 54.6 Å². The summed E-state index contributed by atoms with van der Waals surface area (Å²) in [5.74, 6) is 0.559. The van der Waals surface area contributed by atoms with Crippen molar-refractivity contribution in [1.82, 2.24) is 25.9 Å². The molecule has 3 rings (SSSR count). The first-order chi connectivity index (χ1) is 11.8. The third-order valence-electron chi connectivity index (χ3n) is 3.45. The van der Waals surface area contributed by atoms with Gasteiger partial charge in [0.05, 0.1) is 0 Å². The molecule has 0 atom stereocenters. The van der Waals surface area contributed by atoms with Crippen molar-refractivity contribution >= 4 is 6.09 Å². The third kappa shape index (κ3) is 4.39. The van der Waals surface area contributed by atoms with Gasteiger partial charge in [-0.2, -0.15) is 5.21 Å². The molecule has 1 heterocycles. The first kappa shape index (κ1) is 15.7. The Bertz CT molecular complexity index is 757. The summed E-state index contributed by atoms with van der Waals surface area (Å²) in [6.45, 7) is 0.779. The van der Waals surface area contributed by atoms with Gasteiger partial charge in [-0.05, 0) is 22.8 Å². The number of amides is 1. The zero-order chi connectivity index (χ0) is 16.6. The molecule has 0 fully saturated rings. The van der Waals surface area contributed by atoms with Crippen LogP contribution in [0.5, 0.6) is 0 Å². The van der Waals surface area contributed by atoms with Gasteiger partial charge >= 0.3 is 6.09 Å². The van der Waals surface area contributed by atoms with Crippen molar-refractivity contribution < 1.29 is 9.53 Å². The minimum Gasteiger partial charge on any atom is -0.445 e. The van der Waals surface area contributed by atoms with Crippen molar-refractivity contribution in [2.45, 2.75) is 13.0 Å². The lowest BCUT2D eigenvalue weighted by molar-refractivity contribution is 0.140. The summed E-state index contributed by atoms with van der Waals surface area (Å²) in [5, 5.41) is 16.5. The number of rotatable bonds is 6. The van der Waals surface area contributed by atoms with E-state index in [1.54, 1.807) is 0 Å². The Morgan fingerprint density at radius 2 is 1.83 bits per heavy atom. The van der Waals surface area contributed by atoms with Gasteiger partial charge in [0.15, 0.2) is 0 Å². The summed E-state index contributed by atoms with van der Waals surface area (Å²) in [5.41, 5.74) is 2.96.